The molecule has 0 aliphatic carbocycles. The van der Waals surface area contributed by atoms with Crippen LogP contribution in [0.5, 0.6) is 11.8 Å². The molecule has 7 nitrogen and oxygen atoms in total. The van der Waals surface area contributed by atoms with Crippen molar-refractivity contribution in [3.63, 3.8) is 0 Å². The Morgan fingerprint density at radius 3 is 2.73 bits per heavy atom. The standard InChI is InChI=1S/C14H15ClN4O3/c1-8-6-10(15)4-5-11(8)22-7-12(20)18-13-16-9(2)17-14(19-13)21-3/h4-6H,7H2,1-3H3,(H,16,17,18,19,20). The Morgan fingerprint density at radius 2 is 2.05 bits per heavy atom. The van der Waals surface area contributed by atoms with Gasteiger partial charge >= 0.3 is 6.01 Å². The number of hydrogen-bond acceptors (Lipinski definition) is 6. The van der Waals surface area contributed by atoms with Gasteiger partial charge in [-0.3, -0.25) is 10.1 Å². The van der Waals surface area contributed by atoms with E-state index < -0.39 is 0 Å². The zero-order chi connectivity index (χ0) is 16.1. The molecule has 1 aromatic heterocycles. The van der Waals surface area contributed by atoms with Crippen LogP contribution in [0, 0.1) is 13.8 Å². The number of anilines is 1. The van der Waals surface area contributed by atoms with Gasteiger partial charge in [0.2, 0.25) is 5.95 Å². The molecule has 0 bridgehead atoms. The summed E-state index contributed by atoms with van der Waals surface area (Å²) in [7, 11) is 1.44. The lowest BCUT2D eigenvalue weighted by Crippen LogP contribution is -2.22. The number of hydrogen-bond donors (Lipinski definition) is 1. The summed E-state index contributed by atoms with van der Waals surface area (Å²) in [4.78, 5) is 23.7. The molecule has 0 unspecified atom stereocenters. The van der Waals surface area contributed by atoms with Gasteiger partial charge in [0.05, 0.1) is 7.11 Å². The molecule has 1 N–H and O–H groups in total. The summed E-state index contributed by atoms with van der Waals surface area (Å²) in [5, 5.41) is 3.14. The number of benzene rings is 1. The van der Waals surface area contributed by atoms with Gasteiger partial charge in [-0.15, -0.1) is 0 Å². The SMILES string of the molecule is COc1nc(C)nc(NC(=O)COc2ccc(Cl)cc2C)n1. The fraction of sp³-hybridized carbons (Fsp3) is 0.286. The number of rotatable bonds is 5. The van der Waals surface area contributed by atoms with Crippen LogP contribution in [-0.2, 0) is 4.79 Å². The minimum Gasteiger partial charge on any atom is -0.483 e. The Hall–Kier alpha value is -2.41. The number of halogens is 1. The number of carbonyl (C=O) groups is 1. The number of amides is 1. The van der Waals surface area contributed by atoms with Crippen LogP contribution < -0.4 is 14.8 Å². The van der Waals surface area contributed by atoms with E-state index in [0.717, 1.165) is 5.56 Å². The van der Waals surface area contributed by atoms with Crippen LogP contribution in [-0.4, -0.2) is 34.6 Å². The van der Waals surface area contributed by atoms with Crippen molar-refractivity contribution >= 4 is 23.5 Å². The minimum absolute atomic E-state index is 0.116. The normalized spacial score (nSPS) is 10.2. The molecule has 0 aliphatic heterocycles. The molecular weight excluding hydrogens is 308 g/mol. The molecule has 8 heteroatoms. The lowest BCUT2D eigenvalue weighted by atomic mass is 10.2. The molecule has 1 heterocycles. The van der Waals surface area contributed by atoms with E-state index in [4.69, 9.17) is 21.1 Å². The fourth-order valence-corrected chi connectivity index (χ4v) is 1.91. The smallest absolute Gasteiger partial charge is 0.321 e. The molecule has 0 atom stereocenters. The van der Waals surface area contributed by atoms with Gasteiger partial charge in [-0.2, -0.15) is 15.0 Å². The molecule has 116 valence electrons. The van der Waals surface area contributed by atoms with E-state index in [0.29, 0.717) is 16.6 Å². The number of ether oxygens (including phenoxy) is 2. The Bertz CT molecular complexity index is 694. The highest BCUT2D eigenvalue weighted by molar-refractivity contribution is 6.30. The van der Waals surface area contributed by atoms with Crippen molar-refractivity contribution in [2.45, 2.75) is 13.8 Å². The Kier molecular flexibility index (Phi) is 5.11. The van der Waals surface area contributed by atoms with Crippen molar-refractivity contribution in [3.05, 3.63) is 34.6 Å². The minimum atomic E-state index is -0.387. The molecule has 0 radical (unpaired) electrons. The maximum absolute atomic E-state index is 11.9. The van der Waals surface area contributed by atoms with E-state index in [-0.39, 0.29) is 24.5 Å². The van der Waals surface area contributed by atoms with Crippen LogP contribution in [0.1, 0.15) is 11.4 Å². The number of aromatic nitrogens is 3. The summed E-state index contributed by atoms with van der Waals surface area (Å²) in [5.74, 6) is 0.758. The summed E-state index contributed by atoms with van der Waals surface area (Å²) in [5.41, 5.74) is 0.845. The van der Waals surface area contributed by atoms with Crippen molar-refractivity contribution in [1.29, 1.82) is 0 Å². The molecule has 1 amide bonds. The molecule has 0 spiro atoms. The molecule has 2 aromatic rings. The maximum Gasteiger partial charge on any atom is 0.321 e. The fourth-order valence-electron chi connectivity index (χ4n) is 1.68. The van der Waals surface area contributed by atoms with Crippen LogP contribution in [0.25, 0.3) is 0 Å². The van der Waals surface area contributed by atoms with E-state index >= 15 is 0 Å². The third kappa shape index (κ3) is 4.29. The van der Waals surface area contributed by atoms with E-state index in [1.807, 2.05) is 6.92 Å². The summed E-state index contributed by atoms with van der Waals surface area (Å²) in [6, 6.07) is 5.30. The highest BCUT2D eigenvalue weighted by Gasteiger charge is 2.10. The van der Waals surface area contributed by atoms with E-state index in [2.05, 4.69) is 20.3 Å². The second-order valence-electron chi connectivity index (χ2n) is 4.44. The first-order chi connectivity index (χ1) is 10.5. The van der Waals surface area contributed by atoms with Gasteiger partial charge in [0, 0.05) is 5.02 Å². The van der Waals surface area contributed by atoms with Crippen molar-refractivity contribution in [1.82, 2.24) is 15.0 Å². The number of aryl methyl sites for hydroxylation is 2. The van der Waals surface area contributed by atoms with Gasteiger partial charge in [-0.1, -0.05) is 11.6 Å². The van der Waals surface area contributed by atoms with Crippen molar-refractivity contribution in [3.8, 4) is 11.8 Å². The lowest BCUT2D eigenvalue weighted by molar-refractivity contribution is -0.118. The molecule has 2 rings (SSSR count). The highest BCUT2D eigenvalue weighted by Crippen LogP contribution is 2.21. The predicted octanol–water partition coefficient (Wildman–Crippen LogP) is 2.17. The lowest BCUT2D eigenvalue weighted by Gasteiger charge is -2.09. The summed E-state index contributed by atoms with van der Waals surface area (Å²) >= 11 is 5.86. The van der Waals surface area contributed by atoms with Crippen molar-refractivity contribution in [2.75, 3.05) is 19.0 Å². The largest absolute Gasteiger partial charge is 0.483 e. The van der Waals surface area contributed by atoms with E-state index in [1.165, 1.54) is 7.11 Å². The first-order valence-electron chi connectivity index (χ1n) is 6.43. The second kappa shape index (κ2) is 7.04. The molecule has 1 aromatic carbocycles. The first-order valence-corrected chi connectivity index (χ1v) is 6.81. The van der Waals surface area contributed by atoms with Crippen LogP contribution in [0.2, 0.25) is 5.02 Å². The van der Waals surface area contributed by atoms with Crippen LogP contribution in [0.15, 0.2) is 18.2 Å². The highest BCUT2D eigenvalue weighted by atomic mass is 35.5. The van der Waals surface area contributed by atoms with Gasteiger partial charge in [0.25, 0.3) is 5.91 Å². The predicted molar refractivity (Wildman–Crippen MR) is 81.4 cm³/mol. The number of nitrogens with one attached hydrogen (secondary N) is 1. The topological polar surface area (TPSA) is 86.2 Å². The molecule has 0 saturated carbocycles. The molecular formula is C14H15ClN4O3. The first kappa shape index (κ1) is 16.0. The second-order valence-corrected chi connectivity index (χ2v) is 4.88. The van der Waals surface area contributed by atoms with Gasteiger partial charge < -0.3 is 9.47 Å². The molecule has 22 heavy (non-hydrogen) atoms. The van der Waals surface area contributed by atoms with Crippen LogP contribution in [0.4, 0.5) is 5.95 Å². The van der Waals surface area contributed by atoms with Gasteiger partial charge in [0.1, 0.15) is 11.6 Å². The zero-order valence-corrected chi connectivity index (χ0v) is 13.1. The van der Waals surface area contributed by atoms with Crippen LogP contribution in [0.3, 0.4) is 0 Å². The number of carbonyl (C=O) groups excluding carboxylic acids is 1. The zero-order valence-electron chi connectivity index (χ0n) is 12.4. The molecule has 0 aliphatic rings. The average molecular weight is 323 g/mol. The van der Waals surface area contributed by atoms with Crippen molar-refractivity contribution in [2.24, 2.45) is 0 Å². The summed E-state index contributed by atoms with van der Waals surface area (Å²) in [6.45, 7) is 3.35. The van der Waals surface area contributed by atoms with Gasteiger partial charge in [-0.25, -0.2) is 0 Å². The molecule has 0 saturated heterocycles. The number of nitrogens with zero attached hydrogens (tertiary/aromatic N) is 3. The Balaban J connectivity index is 1.97. The third-order valence-electron chi connectivity index (χ3n) is 2.66. The van der Waals surface area contributed by atoms with Gasteiger partial charge in [0.15, 0.2) is 6.61 Å². The van der Waals surface area contributed by atoms with E-state index in [9.17, 15) is 4.79 Å². The van der Waals surface area contributed by atoms with Gasteiger partial charge in [-0.05, 0) is 37.6 Å². The Labute approximate surface area is 132 Å². The third-order valence-corrected chi connectivity index (χ3v) is 2.89. The monoisotopic (exact) mass is 322 g/mol. The average Bonchev–Trinajstić information content (AvgIpc) is 2.45. The number of methoxy groups -OCH3 is 1. The Morgan fingerprint density at radius 1 is 1.27 bits per heavy atom. The van der Waals surface area contributed by atoms with Crippen LogP contribution >= 0.6 is 11.6 Å². The van der Waals surface area contributed by atoms with E-state index in [1.54, 1.807) is 25.1 Å². The molecule has 0 fully saturated rings. The summed E-state index contributed by atoms with van der Waals surface area (Å²) in [6.07, 6.45) is 0. The maximum atomic E-state index is 11.9. The summed E-state index contributed by atoms with van der Waals surface area (Å²) < 4.78 is 10.4. The van der Waals surface area contributed by atoms with Crippen molar-refractivity contribution < 1.29 is 14.3 Å². The quantitative estimate of drug-likeness (QED) is 0.908.